The summed E-state index contributed by atoms with van der Waals surface area (Å²) in [6, 6.07) is 5.57. The van der Waals surface area contributed by atoms with Crippen molar-refractivity contribution in [1.82, 2.24) is 4.90 Å². The number of nitrogens with zero attached hydrogens (tertiary/aromatic N) is 1. The van der Waals surface area contributed by atoms with Gasteiger partial charge in [0.2, 0.25) is 5.91 Å². The van der Waals surface area contributed by atoms with Gasteiger partial charge < -0.3 is 14.8 Å². The standard InChI is InChI=1S/C15H22N2O3.ClH/c1-11-4-5-14(19-3)13(10-11)16-15(18)12(2)17-6-8-20-9-7-17;/h4-5,10,12H,6-9H2,1-3H3,(H,16,18);1H. The van der Waals surface area contributed by atoms with Crippen molar-refractivity contribution in [1.29, 1.82) is 0 Å². The molecule has 1 unspecified atom stereocenters. The van der Waals surface area contributed by atoms with Crippen LogP contribution < -0.4 is 10.1 Å². The van der Waals surface area contributed by atoms with Crippen molar-refractivity contribution in [2.45, 2.75) is 19.9 Å². The summed E-state index contributed by atoms with van der Waals surface area (Å²) in [6.45, 7) is 6.86. The molecule has 1 aliphatic heterocycles. The van der Waals surface area contributed by atoms with E-state index in [1.165, 1.54) is 0 Å². The van der Waals surface area contributed by atoms with Crippen molar-refractivity contribution in [3.63, 3.8) is 0 Å². The molecule has 1 saturated heterocycles. The Hall–Kier alpha value is -1.30. The zero-order valence-corrected chi connectivity index (χ0v) is 13.5. The highest BCUT2D eigenvalue weighted by molar-refractivity contribution is 5.95. The fourth-order valence-corrected chi connectivity index (χ4v) is 2.29. The van der Waals surface area contributed by atoms with Gasteiger partial charge in [0.25, 0.3) is 0 Å². The van der Waals surface area contributed by atoms with Crippen molar-refractivity contribution in [3.05, 3.63) is 23.8 Å². The lowest BCUT2D eigenvalue weighted by molar-refractivity contribution is -0.122. The van der Waals surface area contributed by atoms with E-state index in [0.29, 0.717) is 19.0 Å². The Bertz CT molecular complexity index is 476. The Morgan fingerprint density at radius 3 is 2.67 bits per heavy atom. The number of morpholine rings is 1. The second kappa shape index (κ2) is 8.22. The molecule has 1 fully saturated rings. The van der Waals surface area contributed by atoms with Gasteiger partial charge in [-0.3, -0.25) is 9.69 Å². The smallest absolute Gasteiger partial charge is 0.241 e. The molecule has 5 nitrogen and oxygen atoms in total. The van der Waals surface area contributed by atoms with E-state index in [-0.39, 0.29) is 24.4 Å². The van der Waals surface area contributed by atoms with Crippen molar-refractivity contribution >= 4 is 24.0 Å². The first-order valence-corrected chi connectivity index (χ1v) is 6.89. The summed E-state index contributed by atoms with van der Waals surface area (Å²) in [5.41, 5.74) is 1.80. The quantitative estimate of drug-likeness (QED) is 0.924. The fourth-order valence-electron chi connectivity index (χ4n) is 2.29. The van der Waals surface area contributed by atoms with E-state index in [9.17, 15) is 4.79 Å². The Morgan fingerprint density at radius 2 is 2.05 bits per heavy atom. The van der Waals surface area contributed by atoms with E-state index < -0.39 is 0 Å². The minimum absolute atomic E-state index is 0. The van der Waals surface area contributed by atoms with Gasteiger partial charge in [0.1, 0.15) is 5.75 Å². The Kier molecular flexibility index (Phi) is 6.95. The number of carbonyl (C=O) groups is 1. The van der Waals surface area contributed by atoms with Crippen molar-refractivity contribution in [2.75, 3.05) is 38.7 Å². The largest absolute Gasteiger partial charge is 0.495 e. The van der Waals surface area contributed by atoms with Crippen LogP contribution in [0.1, 0.15) is 12.5 Å². The molecule has 0 radical (unpaired) electrons. The van der Waals surface area contributed by atoms with Gasteiger partial charge in [0, 0.05) is 13.1 Å². The summed E-state index contributed by atoms with van der Waals surface area (Å²) < 4.78 is 10.6. The van der Waals surface area contributed by atoms with E-state index >= 15 is 0 Å². The molecule has 6 heteroatoms. The number of hydrogen-bond donors (Lipinski definition) is 1. The molecule has 1 aliphatic rings. The van der Waals surface area contributed by atoms with E-state index in [2.05, 4.69) is 10.2 Å². The monoisotopic (exact) mass is 314 g/mol. The van der Waals surface area contributed by atoms with Crippen LogP contribution in [-0.4, -0.2) is 50.3 Å². The van der Waals surface area contributed by atoms with Crippen LogP contribution in [0.15, 0.2) is 18.2 Å². The maximum atomic E-state index is 12.3. The average Bonchev–Trinajstić information content (AvgIpc) is 2.47. The normalized spacial score (nSPS) is 16.7. The number of nitrogens with one attached hydrogen (secondary N) is 1. The predicted octanol–water partition coefficient (Wildman–Crippen LogP) is 2.08. The molecule has 0 saturated carbocycles. The topological polar surface area (TPSA) is 50.8 Å². The Balaban J connectivity index is 0.00000220. The molecule has 1 aromatic carbocycles. The van der Waals surface area contributed by atoms with E-state index in [0.717, 1.165) is 24.3 Å². The number of amides is 1. The summed E-state index contributed by atoms with van der Waals surface area (Å²) in [7, 11) is 1.60. The zero-order valence-electron chi connectivity index (χ0n) is 12.7. The van der Waals surface area contributed by atoms with E-state index in [1.807, 2.05) is 32.0 Å². The van der Waals surface area contributed by atoms with Crippen molar-refractivity contribution in [2.24, 2.45) is 0 Å². The molecule has 1 amide bonds. The summed E-state index contributed by atoms with van der Waals surface area (Å²) in [5, 5.41) is 2.95. The van der Waals surface area contributed by atoms with Gasteiger partial charge in [-0.2, -0.15) is 0 Å². The molecule has 2 rings (SSSR count). The first-order chi connectivity index (χ1) is 9.61. The van der Waals surface area contributed by atoms with Gasteiger partial charge in [-0.15, -0.1) is 12.4 Å². The lowest BCUT2D eigenvalue weighted by Crippen LogP contribution is -2.47. The number of benzene rings is 1. The molecule has 0 spiro atoms. The maximum Gasteiger partial charge on any atom is 0.241 e. The number of carbonyl (C=O) groups excluding carboxylic acids is 1. The molecule has 1 N–H and O–H groups in total. The summed E-state index contributed by atoms with van der Waals surface area (Å²) >= 11 is 0. The average molecular weight is 315 g/mol. The number of methoxy groups -OCH3 is 1. The van der Waals surface area contributed by atoms with Crippen LogP contribution in [0, 0.1) is 6.92 Å². The maximum absolute atomic E-state index is 12.3. The molecule has 1 atom stereocenters. The minimum atomic E-state index is -0.177. The number of anilines is 1. The van der Waals surface area contributed by atoms with E-state index in [4.69, 9.17) is 9.47 Å². The van der Waals surface area contributed by atoms with Crippen LogP contribution >= 0.6 is 12.4 Å². The molecule has 118 valence electrons. The summed E-state index contributed by atoms with van der Waals surface area (Å²) in [5.74, 6) is 0.661. The number of aryl methyl sites for hydroxylation is 1. The Labute approximate surface area is 132 Å². The molecule has 0 aliphatic carbocycles. The Morgan fingerprint density at radius 1 is 1.38 bits per heavy atom. The number of halogens is 1. The highest BCUT2D eigenvalue weighted by atomic mass is 35.5. The highest BCUT2D eigenvalue weighted by Gasteiger charge is 2.23. The van der Waals surface area contributed by atoms with Gasteiger partial charge in [0.05, 0.1) is 32.1 Å². The first-order valence-electron chi connectivity index (χ1n) is 6.89. The van der Waals surface area contributed by atoms with Gasteiger partial charge in [-0.1, -0.05) is 6.07 Å². The number of ether oxygens (including phenoxy) is 2. The molecule has 21 heavy (non-hydrogen) atoms. The van der Waals surface area contributed by atoms with Crippen LogP contribution in [0.2, 0.25) is 0 Å². The van der Waals surface area contributed by atoms with E-state index in [1.54, 1.807) is 7.11 Å². The van der Waals surface area contributed by atoms with Gasteiger partial charge in [-0.25, -0.2) is 0 Å². The highest BCUT2D eigenvalue weighted by Crippen LogP contribution is 2.25. The number of hydrogen-bond acceptors (Lipinski definition) is 4. The van der Waals surface area contributed by atoms with Gasteiger partial charge in [0.15, 0.2) is 0 Å². The summed E-state index contributed by atoms with van der Waals surface area (Å²) in [6.07, 6.45) is 0. The third kappa shape index (κ3) is 4.59. The van der Waals surface area contributed by atoms with Crippen LogP contribution in [0.4, 0.5) is 5.69 Å². The second-order valence-electron chi connectivity index (χ2n) is 5.02. The zero-order chi connectivity index (χ0) is 14.5. The lowest BCUT2D eigenvalue weighted by atomic mass is 10.2. The molecule has 1 aromatic rings. The SMILES string of the molecule is COc1ccc(C)cc1NC(=O)C(C)N1CCOCC1.Cl. The lowest BCUT2D eigenvalue weighted by Gasteiger charge is -2.31. The molecule has 1 heterocycles. The van der Waals surface area contributed by atoms with Gasteiger partial charge in [-0.05, 0) is 31.5 Å². The van der Waals surface area contributed by atoms with Crippen LogP contribution in [0.5, 0.6) is 5.75 Å². The van der Waals surface area contributed by atoms with Crippen LogP contribution in [0.3, 0.4) is 0 Å². The van der Waals surface area contributed by atoms with Gasteiger partial charge >= 0.3 is 0 Å². The third-order valence-corrected chi connectivity index (χ3v) is 3.59. The molecule has 0 bridgehead atoms. The van der Waals surface area contributed by atoms with Crippen molar-refractivity contribution in [3.8, 4) is 5.75 Å². The second-order valence-corrected chi connectivity index (χ2v) is 5.02. The number of rotatable bonds is 4. The summed E-state index contributed by atoms with van der Waals surface area (Å²) in [4.78, 5) is 14.5. The van der Waals surface area contributed by atoms with Crippen LogP contribution in [0.25, 0.3) is 0 Å². The molecular weight excluding hydrogens is 292 g/mol. The third-order valence-electron chi connectivity index (χ3n) is 3.59. The predicted molar refractivity (Wildman–Crippen MR) is 85.5 cm³/mol. The van der Waals surface area contributed by atoms with Crippen LogP contribution in [-0.2, 0) is 9.53 Å². The minimum Gasteiger partial charge on any atom is -0.495 e. The molecule has 0 aromatic heterocycles. The fraction of sp³-hybridized carbons (Fsp3) is 0.533. The first kappa shape index (κ1) is 17.8. The van der Waals surface area contributed by atoms with Crippen molar-refractivity contribution < 1.29 is 14.3 Å². The molecular formula is C15H23ClN2O3.